The van der Waals surface area contributed by atoms with Gasteiger partial charge in [-0.05, 0) is 31.2 Å². The van der Waals surface area contributed by atoms with Crippen molar-refractivity contribution < 1.29 is 21.6 Å². The number of aromatic nitrogens is 2. The van der Waals surface area contributed by atoms with Gasteiger partial charge in [-0.25, -0.2) is 18.4 Å². The van der Waals surface area contributed by atoms with E-state index >= 15 is 0 Å². The Kier molecular flexibility index (Phi) is 6.67. The van der Waals surface area contributed by atoms with Crippen LogP contribution in [0.5, 0.6) is 0 Å². The largest absolute Gasteiger partial charge is 0.416 e. The van der Waals surface area contributed by atoms with Crippen LogP contribution < -0.4 is 4.90 Å². The summed E-state index contributed by atoms with van der Waals surface area (Å²) < 4.78 is 63.7. The molecule has 1 fully saturated rings. The molecule has 4 rings (SSSR count). The van der Waals surface area contributed by atoms with Gasteiger partial charge < -0.3 is 15.2 Å². The van der Waals surface area contributed by atoms with Crippen LogP contribution in [0.4, 0.5) is 18.9 Å². The molecule has 0 unspecified atom stereocenters. The SMILES string of the molecule is CC(=N)CC1=NCC(N2CCN(c3ccc(C(F)(F)F)cc3-c3cnc(S(C)(=O)=O)nc3)CC2)=C1. The van der Waals surface area contributed by atoms with Crippen molar-refractivity contribution in [3.63, 3.8) is 0 Å². The summed E-state index contributed by atoms with van der Waals surface area (Å²) in [6, 6.07) is 3.55. The van der Waals surface area contributed by atoms with Crippen molar-refractivity contribution in [3.05, 3.63) is 47.9 Å². The van der Waals surface area contributed by atoms with E-state index in [1.165, 1.54) is 18.5 Å². The minimum absolute atomic E-state index is 0.292. The van der Waals surface area contributed by atoms with Crippen LogP contribution in [0.25, 0.3) is 11.1 Å². The van der Waals surface area contributed by atoms with Crippen LogP contribution in [0.1, 0.15) is 18.9 Å². The molecule has 0 saturated carbocycles. The molecule has 35 heavy (non-hydrogen) atoms. The number of sulfone groups is 1. The van der Waals surface area contributed by atoms with Gasteiger partial charge in [-0.2, -0.15) is 13.2 Å². The highest BCUT2D eigenvalue weighted by molar-refractivity contribution is 7.90. The van der Waals surface area contributed by atoms with Crippen molar-refractivity contribution in [3.8, 4) is 11.1 Å². The lowest BCUT2D eigenvalue weighted by atomic mass is 10.0. The lowest BCUT2D eigenvalue weighted by molar-refractivity contribution is -0.137. The third-order valence-corrected chi connectivity index (χ3v) is 6.72. The molecule has 2 aromatic rings. The summed E-state index contributed by atoms with van der Waals surface area (Å²) in [5.41, 5.74) is 2.92. The molecular formula is C23H25F3N6O2S. The Morgan fingerprint density at radius 2 is 1.71 bits per heavy atom. The quantitative estimate of drug-likeness (QED) is 0.476. The Balaban J connectivity index is 1.58. The van der Waals surface area contributed by atoms with E-state index in [-0.39, 0.29) is 5.16 Å². The first-order valence-corrected chi connectivity index (χ1v) is 12.8. The molecule has 1 aromatic carbocycles. The predicted octanol–water partition coefficient (Wildman–Crippen LogP) is 3.46. The number of allylic oxidation sites excluding steroid dienone is 1. The van der Waals surface area contributed by atoms with Crippen molar-refractivity contribution in [2.75, 3.05) is 43.9 Å². The van der Waals surface area contributed by atoms with E-state index in [9.17, 15) is 21.6 Å². The van der Waals surface area contributed by atoms with Gasteiger partial charge in [-0.15, -0.1) is 0 Å². The van der Waals surface area contributed by atoms with Gasteiger partial charge in [-0.3, -0.25) is 4.99 Å². The summed E-state index contributed by atoms with van der Waals surface area (Å²) in [6.45, 7) is 4.81. The van der Waals surface area contributed by atoms with Gasteiger partial charge in [-0.1, -0.05) is 0 Å². The number of aliphatic imine (C=N–C) groups is 1. The van der Waals surface area contributed by atoms with Gasteiger partial charge in [0, 0.05) is 85.2 Å². The molecule has 0 radical (unpaired) electrons. The molecule has 1 aromatic heterocycles. The molecular weight excluding hydrogens is 481 g/mol. The smallest absolute Gasteiger partial charge is 0.370 e. The molecule has 0 aliphatic carbocycles. The second-order valence-corrected chi connectivity index (χ2v) is 10.5. The summed E-state index contributed by atoms with van der Waals surface area (Å²) in [4.78, 5) is 16.4. The molecule has 0 amide bonds. The number of alkyl halides is 3. The summed E-state index contributed by atoms with van der Waals surface area (Å²) >= 11 is 0. The first-order chi connectivity index (χ1) is 16.4. The monoisotopic (exact) mass is 506 g/mol. The van der Waals surface area contributed by atoms with Crippen LogP contribution in [-0.2, 0) is 16.0 Å². The Morgan fingerprint density at radius 1 is 1.09 bits per heavy atom. The van der Waals surface area contributed by atoms with Crippen LogP contribution in [0.15, 0.2) is 52.5 Å². The highest BCUT2D eigenvalue weighted by atomic mass is 32.2. The fourth-order valence-electron chi connectivity index (χ4n) is 4.14. The molecule has 1 N–H and O–H groups in total. The highest BCUT2D eigenvalue weighted by Gasteiger charge is 2.32. The predicted molar refractivity (Wildman–Crippen MR) is 128 cm³/mol. The summed E-state index contributed by atoms with van der Waals surface area (Å²) in [5, 5.41) is 7.26. The van der Waals surface area contributed by atoms with Crippen LogP contribution in [0, 0.1) is 5.41 Å². The number of nitrogens with zero attached hydrogens (tertiary/aromatic N) is 5. The zero-order valence-corrected chi connectivity index (χ0v) is 20.1. The zero-order chi connectivity index (χ0) is 25.4. The van der Waals surface area contributed by atoms with E-state index in [4.69, 9.17) is 5.41 Å². The Labute approximate surface area is 201 Å². The van der Waals surface area contributed by atoms with Gasteiger partial charge in [0.2, 0.25) is 15.0 Å². The minimum Gasteiger partial charge on any atom is -0.370 e. The fraction of sp³-hybridized carbons (Fsp3) is 0.391. The highest BCUT2D eigenvalue weighted by Crippen LogP contribution is 2.38. The van der Waals surface area contributed by atoms with Crippen LogP contribution >= 0.6 is 0 Å². The number of rotatable bonds is 6. The van der Waals surface area contributed by atoms with Gasteiger partial charge >= 0.3 is 6.18 Å². The Bertz CT molecular complexity index is 1300. The molecule has 186 valence electrons. The summed E-state index contributed by atoms with van der Waals surface area (Å²) in [7, 11) is -3.63. The third kappa shape index (κ3) is 5.69. The number of anilines is 1. The molecule has 12 heteroatoms. The first-order valence-electron chi connectivity index (χ1n) is 10.9. The number of halogens is 3. The van der Waals surface area contributed by atoms with Crippen molar-refractivity contribution in [2.45, 2.75) is 24.7 Å². The Hall–Kier alpha value is -3.28. The van der Waals surface area contributed by atoms with E-state index < -0.39 is 21.6 Å². The average Bonchev–Trinajstić information content (AvgIpc) is 3.25. The molecule has 2 aliphatic rings. The molecule has 3 heterocycles. The number of nitrogens with one attached hydrogen (secondary N) is 1. The number of hydrogen-bond acceptors (Lipinski definition) is 8. The third-order valence-electron chi connectivity index (χ3n) is 5.84. The molecule has 0 spiro atoms. The molecule has 8 nitrogen and oxygen atoms in total. The van der Waals surface area contributed by atoms with Crippen LogP contribution in [0.3, 0.4) is 0 Å². The lowest BCUT2D eigenvalue weighted by Gasteiger charge is -2.38. The number of piperazine rings is 1. The van der Waals surface area contributed by atoms with Gasteiger partial charge in [0.15, 0.2) is 0 Å². The van der Waals surface area contributed by atoms with Gasteiger partial charge in [0.25, 0.3) is 0 Å². The van der Waals surface area contributed by atoms with Gasteiger partial charge in [0.05, 0.1) is 12.1 Å². The van der Waals surface area contributed by atoms with E-state index in [1.54, 1.807) is 6.92 Å². The molecule has 0 atom stereocenters. The standard InChI is InChI=1S/C23H25F3N6O2S/c1-15(27)9-18-11-19(14-28-18)31-5-7-32(8-6-31)21-4-3-17(23(24,25)26)10-20(21)16-12-29-22(30-13-16)35(2,33)34/h3-4,10-13,27H,5-9,14H2,1-2H3. The normalized spacial score (nSPS) is 16.8. The maximum absolute atomic E-state index is 13.5. The number of hydrogen-bond donors (Lipinski definition) is 1. The van der Waals surface area contributed by atoms with Crippen LogP contribution in [-0.4, -0.2) is 73.7 Å². The van der Waals surface area contributed by atoms with Crippen molar-refractivity contribution in [2.24, 2.45) is 4.99 Å². The van der Waals surface area contributed by atoms with E-state index in [0.717, 1.165) is 29.8 Å². The maximum Gasteiger partial charge on any atom is 0.416 e. The van der Waals surface area contributed by atoms with E-state index in [1.807, 2.05) is 11.0 Å². The second-order valence-electron chi connectivity index (χ2n) is 8.63. The van der Waals surface area contributed by atoms with Crippen molar-refractivity contribution >= 4 is 26.9 Å². The topological polar surface area (TPSA) is 103 Å². The fourth-order valence-corrected chi connectivity index (χ4v) is 4.63. The lowest BCUT2D eigenvalue weighted by Crippen LogP contribution is -2.46. The van der Waals surface area contributed by atoms with E-state index in [2.05, 4.69) is 19.9 Å². The zero-order valence-electron chi connectivity index (χ0n) is 19.3. The second kappa shape index (κ2) is 9.40. The van der Waals surface area contributed by atoms with Gasteiger partial charge in [0.1, 0.15) is 0 Å². The van der Waals surface area contributed by atoms with Crippen LogP contribution in [0.2, 0.25) is 0 Å². The summed E-state index contributed by atoms with van der Waals surface area (Å²) in [6.07, 6.45) is 1.47. The van der Waals surface area contributed by atoms with E-state index in [0.29, 0.717) is 61.7 Å². The Morgan fingerprint density at radius 3 is 2.29 bits per heavy atom. The average molecular weight is 507 g/mol. The maximum atomic E-state index is 13.5. The summed E-state index contributed by atoms with van der Waals surface area (Å²) in [5.74, 6) is 0. The number of benzene rings is 1. The molecule has 1 saturated heterocycles. The first kappa shape index (κ1) is 24.8. The van der Waals surface area contributed by atoms with Crippen molar-refractivity contribution in [1.82, 2.24) is 14.9 Å². The minimum atomic E-state index is -4.53. The van der Waals surface area contributed by atoms with Crippen molar-refractivity contribution in [1.29, 1.82) is 5.41 Å². The molecule has 2 aliphatic heterocycles. The molecule has 0 bridgehead atoms.